The van der Waals surface area contributed by atoms with Crippen molar-refractivity contribution in [2.45, 2.75) is 6.18 Å². The third-order valence-corrected chi connectivity index (χ3v) is 5.52. The van der Waals surface area contributed by atoms with Gasteiger partial charge in [-0.15, -0.1) is 0 Å². The summed E-state index contributed by atoms with van der Waals surface area (Å²) in [5.41, 5.74) is 1.49. The summed E-state index contributed by atoms with van der Waals surface area (Å²) in [6, 6.07) is 13.2. The molecule has 0 unspecified atom stereocenters. The van der Waals surface area contributed by atoms with Crippen molar-refractivity contribution in [1.29, 1.82) is 0 Å². The number of aromatic nitrogens is 4. The van der Waals surface area contributed by atoms with Crippen molar-refractivity contribution in [1.82, 2.24) is 19.5 Å². The minimum Gasteiger partial charge on any atom is -0.347 e. The van der Waals surface area contributed by atoms with E-state index in [0.717, 1.165) is 23.3 Å². The predicted molar refractivity (Wildman–Crippen MR) is 125 cm³/mol. The molecule has 34 heavy (non-hydrogen) atoms. The highest BCUT2D eigenvalue weighted by Crippen LogP contribution is 2.32. The molecule has 0 saturated carbocycles. The molecule has 0 amide bonds. The number of pyridine rings is 2. The monoisotopic (exact) mass is 461 g/mol. The van der Waals surface area contributed by atoms with Crippen LogP contribution in [0.25, 0.3) is 38.6 Å². The Morgan fingerprint density at radius 2 is 1.62 bits per heavy atom. The van der Waals surface area contributed by atoms with Crippen LogP contribution < -0.4 is 10.5 Å². The fourth-order valence-electron chi connectivity index (χ4n) is 3.87. The summed E-state index contributed by atoms with van der Waals surface area (Å²) in [5.74, 6) is 0.565. The number of nitrogens with zero attached hydrogens (tertiary/aromatic N) is 5. The van der Waals surface area contributed by atoms with Crippen molar-refractivity contribution in [3.8, 4) is 16.8 Å². The van der Waals surface area contributed by atoms with Crippen molar-refractivity contribution in [3.63, 3.8) is 0 Å². The number of hydrogen-bond donors (Lipinski definition) is 0. The maximum absolute atomic E-state index is 13.4. The minimum atomic E-state index is -4.53. The number of alkyl halides is 3. The summed E-state index contributed by atoms with van der Waals surface area (Å²) < 4.78 is 41.4. The van der Waals surface area contributed by atoms with E-state index >= 15 is 0 Å². The van der Waals surface area contributed by atoms with Crippen molar-refractivity contribution < 1.29 is 13.2 Å². The minimum absolute atomic E-state index is 0.127. The predicted octanol–water partition coefficient (Wildman–Crippen LogP) is 5.08. The molecular weight excluding hydrogens is 443 g/mol. The second-order valence-electron chi connectivity index (χ2n) is 8.02. The zero-order chi connectivity index (χ0) is 24.0. The third-order valence-electron chi connectivity index (χ3n) is 5.52. The number of rotatable bonds is 3. The summed E-state index contributed by atoms with van der Waals surface area (Å²) in [4.78, 5) is 27.9. The van der Waals surface area contributed by atoms with Gasteiger partial charge in [-0.2, -0.15) is 13.2 Å². The van der Waals surface area contributed by atoms with E-state index in [-0.39, 0.29) is 5.69 Å². The Kier molecular flexibility index (Phi) is 5.04. The number of halogens is 3. The van der Waals surface area contributed by atoms with Gasteiger partial charge >= 0.3 is 6.18 Å². The molecule has 0 spiro atoms. The summed E-state index contributed by atoms with van der Waals surface area (Å²) in [6.07, 6.45) is 0.472. The summed E-state index contributed by atoms with van der Waals surface area (Å²) in [6.45, 7) is 0. The molecule has 3 aromatic heterocycles. The zero-order valence-electron chi connectivity index (χ0n) is 18.2. The lowest BCUT2D eigenvalue weighted by Gasteiger charge is -2.15. The highest BCUT2D eigenvalue weighted by Gasteiger charge is 2.30. The lowest BCUT2D eigenvalue weighted by molar-refractivity contribution is -0.137. The first-order valence-electron chi connectivity index (χ1n) is 10.3. The number of benzene rings is 2. The molecule has 170 valence electrons. The van der Waals surface area contributed by atoms with Crippen molar-refractivity contribution in [3.05, 3.63) is 89.1 Å². The van der Waals surface area contributed by atoms with Crippen LogP contribution in [-0.2, 0) is 6.18 Å². The van der Waals surface area contributed by atoms with E-state index in [9.17, 15) is 18.0 Å². The van der Waals surface area contributed by atoms with Crippen LogP contribution in [0, 0.1) is 0 Å². The molecule has 0 aliphatic carbocycles. The van der Waals surface area contributed by atoms with Crippen LogP contribution in [0.15, 0.2) is 78.0 Å². The second kappa shape index (κ2) is 7.95. The topological polar surface area (TPSA) is 63.9 Å². The van der Waals surface area contributed by atoms with Gasteiger partial charge in [0.05, 0.1) is 16.6 Å². The summed E-state index contributed by atoms with van der Waals surface area (Å²) in [5, 5.41) is 1.25. The molecule has 0 atom stereocenters. The van der Waals surface area contributed by atoms with Crippen molar-refractivity contribution >= 4 is 27.8 Å². The highest BCUT2D eigenvalue weighted by atomic mass is 19.4. The molecule has 0 aliphatic heterocycles. The molecule has 6 nitrogen and oxygen atoms in total. The molecule has 2 aromatic carbocycles. The van der Waals surface area contributed by atoms with Gasteiger partial charge in [0.2, 0.25) is 5.95 Å². The van der Waals surface area contributed by atoms with Crippen LogP contribution in [0.1, 0.15) is 5.56 Å². The molecule has 0 N–H and O–H groups in total. The normalized spacial score (nSPS) is 11.8. The first-order chi connectivity index (χ1) is 16.2. The van der Waals surface area contributed by atoms with Gasteiger partial charge < -0.3 is 4.90 Å². The standard InChI is InChI=1S/C25H18F3N5O/c1-32(2)24-30-13-17(14-31-24)15-6-8-21-20(10-15)23-16(12-29-21)7-9-22(34)33(23)19-5-3-4-18(11-19)25(26,27)28/h3-14H,1-2H3. The Hall–Kier alpha value is -4.27. The molecule has 0 radical (unpaired) electrons. The smallest absolute Gasteiger partial charge is 0.347 e. The lowest BCUT2D eigenvalue weighted by atomic mass is 10.0. The Labute approximate surface area is 192 Å². The highest BCUT2D eigenvalue weighted by molar-refractivity contribution is 6.05. The summed E-state index contributed by atoms with van der Waals surface area (Å²) >= 11 is 0. The molecule has 5 rings (SSSR count). The van der Waals surface area contributed by atoms with Crippen LogP contribution >= 0.6 is 0 Å². The fraction of sp³-hybridized carbons (Fsp3) is 0.120. The Bertz CT molecular complexity index is 1590. The first-order valence-corrected chi connectivity index (χ1v) is 10.3. The maximum Gasteiger partial charge on any atom is 0.416 e. The van der Waals surface area contributed by atoms with Crippen molar-refractivity contribution in [2.75, 3.05) is 19.0 Å². The molecule has 9 heteroatoms. The summed E-state index contributed by atoms with van der Waals surface area (Å²) in [7, 11) is 3.69. The van der Waals surface area contributed by atoms with E-state index in [0.29, 0.717) is 27.8 Å². The average Bonchev–Trinajstić information content (AvgIpc) is 2.83. The average molecular weight is 461 g/mol. The molecule has 0 saturated heterocycles. The van der Waals surface area contributed by atoms with Crippen LogP contribution in [-0.4, -0.2) is 33.6 Å². The SMILES string of the molecule is CN(C)c1ncc(-c2ccc3ncc4ccc(=O)n(-c5cccc(C(F)(F)F)c5)c4c3c2)cn1. The fourth-order valence-corrected chi connectivity index (χ4v) is 3.87. The quantitative estimate of drug-likeness (QED) is 0.351. The van der Waals surface area contributed by atoms with E-state index in [4.69, 9.17) is 0 Å². The number of anilines is 1. The van der Waals surface area contributed by atoms with Crippen LogP contribution in [0.2, 0.25) is 0 Å². The molecule has 0 bridgehead atoms. The van der Waals surface area contributed by atoms with E-state index in [2.05, 4.69) is 15.0 Å². The molecule has 3 heterocycles. The Morgan fingerprint density at radius 3 is 2.32 bits per heavy atom. The Balaban J connectivity index is 1.78. The lowest BCUT2D eigenvalue weighted by Crippen LogP contribution is -2.18. The van der Waals surface area contributed by atoms with E-state index in [1.54, 1.807) is 35.6 Å². The van der Waals surface area contributed by atoms with E-state index in [1.807, 2.05) is 26.2 Å². The van der Waals surface area contributed by atoms with Crippen LogP contribution in [0.5, 0.6) is 0 Å². The van der Waals surface area contributed by atoms with Gasteiger partial charge in [0.1, 0.15) is 0 Å². The molecular formula is C25H18F3N5O. The van der Waals surface area contributed by atoms with Gasteiger partial charge in [-0.25, -0.2) is 9.97 Å². The molecule has 5 aromatic rings. The first kappa shape index (κ1) is 21.6. The maximum atomic E-state index is 13.4. The van der Waals surface area contributed by atoms with E-state index in [1.165, 1.54) is 22.8 Å². The number of fused-ring (bicyclic) bond motifs is 3. The van der Waals surface area contributed by atoms with Crippen molar-refractivity contribution in [2.24, 2.45) is 0 Å². The molecule has 0 fully saturated rings. The largest absolute Gasteiger partial charge is 0.416 e. The van der Waals surface area contributed by atoms with Gasteiger partial charge in [-0.3, -0.25) is 14.3 Å². The van der Waals surface area contributed by atoms with Gasteiger partial charge in [0, 0.05) is 60.8 Å². The van der Waals surface area contributed by atoms with Crippen LogP contribution in [0.3, 0.4) is 0 Å². The molecule has 0 aliphatic rings. The second-order valence-corrected chi connectivity index (χ2v) is 8.02. The van der Waals surface area contributed by atoms with Gasteiger partial charge in [0.25, 0.3) is 5.56 Å². The third kappa shape index (κ3) is 3.75. The van der Waals surface area contributed by atoms with E-state index < -0.39 is 17.3 Å². The van der Waals surface area contributed by atoms with Gasteiger partial charge in [-0.05, 0) is 42.0 Å². The van der Waals surface area contributed by atoms with Gasteiger partial charge in [-0.1, -0.05) is 12.1 Å². The number of hydrogen-bond acceptors (Lipinski definition) is 5. The Morgan fingerprint density at radius 1 is 0.853 bits per heavy atom. The van der Waals surface area contributed by atoms with Gasteiger partial charge in [0.15, 0.2) is 0 Å². The van der Waals surface area contributed by atoms with Crippen LogP contribution in [0.4, 0.5) is 19.1 Å². The zero-order valence-corrected chi connectivity index (χ0v) is 18.2.